The zero-order valence-corrected chi connectivity index (χ0v) is 14.0. The Morgan fingerprint density at radius 3 is 2.81 bits per heavy atom. The van der Waals surface area contributed by atoms with Crippen LogP contribution in [0.15, 0.2) is 22.7 Å². The Morgan fingerprint density at radius 2 is 2.05 bits per heavy atom. The van der Waals surface area contributed by atoms with Gasteiger partial charge in [-0.1, -0.05) is 41.3 Å². The third-order valence-electron chi connectivity index (χ3n) is 4.92. The van der Waals surface area contributed by atoms with Gasteiger partial charge >= 0.3 is 0 Å². The summed E-state index contributed by atoms with van der Waals surface area (Å²) in [6.07, 6.45) is 6.96. The van der Waals surface area contributed by atoms with Gasteiger partial charge in [0.15, 0.2) is 0 Å². The summed E-state index contributed by atoms with van der Waals surface area (Å²) in [5.41, 5.74) is 1.18. The second-order valence-corrected chi connectivity index (χ2v) is 7.28. The molecular weight excluding hydrogens is 331 g/mol. The van der Waals surface area contributed by atoms with Gasteiger partial charge in [0.1, 0.15) is 5.82 Å². The summed E-state index contributed by atoms with van der Waals surface area (Å²) in [4.78, 5) is 2.51. The highest BCUT2D eigenvalue weighted by atomic mass is 79.9. The molecule has 3 rings (SSSR count). The molecule has 1 saturated heterocycles. The Labute approximate surface area is 135 Å². The van der Waals surface area contributed by atoms with Crippen molar-refractivity contribution in [2.24, 2.45) is 5.92 Å². The predicted molar refractivity (Wildman–Crippen MR) is 87.7 cm³/mol. The van der Waals surface area contributed by atoms with E-state index in [4.69, 9.17) is 0 Å². The topological polar surface area (TPSA) is 15.3 Å². The third-order valence-corrected chi connectivity index (χ3v) is 5.66. The molecule has 0 amide bonds. The van der Waals surface area contributed by atoms with Gasteiger partial charge < -0.3 is 5.32 Å². The monoisotopic (exact) mass is 354 g/mol. The van der Waals surface area contributed by atoms with Gasteiger partial charge in [-0.3, -0.25) is 4.90 Å². The van der Waals surface area contributed by atoms with Crippen LogP contribution in [-0.4, -0.2) is 30.6 Å². The molecule has 4 heteroatoms. The van der Waals surface area contributed by atoms with Crippen LogP contribution < -0.4 is 5.32 Å². The Bertz CT molecular complexity index is 474. The molecule has 2 aliphatic rings. The molecule has 1 aromatic carbocycles. The van der Waals surface area contributed by atoms with Gasteiger partial charge in [0.2, 0.25) is 0 Å². The Kier molecular flexibility index (Phi) is 5.30. The van der Waals surface area contributed by atoms with Crippen molar-refractivity contribution in [3.05, 3.63) is 34.1 Å². The Balaban J connectivity index is 1.60. The summed E-state index contributed by atoms with van der Waals surface area (Å²) in [6.45, 7) is 4.17. The minimum Gasteiger partial charge on any atom is -0.311 e. The first-order chi connectivity index (χ1) is 10.2. The van der Waals surface area contributed by atoms with E-state index in [0.717, 1.165) is 36.6 Å². The molecule has 0 spiro atoms. The van der Waals surface area contributed by atoms with E-state index in [1.54, 1.807) is 12.1 Å². The lowest BCUT2D eigenvalue weighted by molar-refractivity contribution is 0.141. The average molecular weight is 355 g/mol. The quantitative estimate of drug-likeness (QED) is 0.884. The summed E-state index contributed by atoms with van der Waals surface area (Å²) in [5.74, 6) is 0.671. The second kappa shape index (κ2) is 7.21. The molecular formula is C17H24BrFN2. The van der Waals surface area contributed by atoms with Crippen LogP contribution in [0.3, 0.4) is 0 Å². The lowest BCUT2D eigenvalue weighted by Crippen LogP contribution is -2.53. The normalized spacial score (nSPS) is 25.1. The molecule has 21 heavy (non-hydrogen) atoms. The molecule has 2 fully saturated rings. The molecule has 1 aliphatic heterocycles. The smallest absolute Gasteiger partial charge is 0.124 e. The number of rotatable bonds is 3. The van der Waals surface area contributed by atoms with E-state index in [2.05, 4.69) is 26.1 Å². The van der Waals surface area contributed by atoms with Gasteiger partial charge in [0.05, 0.1) is 0 Å². The van der Waals surface area contributed by atoms with Crippen LogP contribution in [0.5, 0.6) is 0 Å². The summed E-state index contributed by atoms with van der Waals surface area (Å²) >= 11 is 3.48. The fraction of sp³-hybridized carbons (Fsp3) is 0.647. The van der Waals surface area contributed by atoms with Gasteiger partial charge in [-0.25, -0.2) is 4.39 Å². The molecule has 2 nitrogen and oxygen atoms in total. The Hall–Kier alpha value is -0.450. The van der Waals surface area contributed by atoms with Gasteiger partial charge in [0.25, 0.3) is 0 Å². The van der Waals surface area contributed by atoms with E-state index in [0.29, 0.717) is 6.04 Å². The van der Waals surface area contributed by atoms with Gasteiger partial charge in [0, 0.05) is 36.7 Å². The van der Waals surface area contributed by atoms with Crippen molar-refractivity contribution in [3.63, 3.8) is 0 Å². The molecule has 1 saturated carbocycles. The highest BCUT2D eigenvalue weighted by molar-refractivity contribution is 9.10. The van der Waals surface area contributed by atoms with E-state index in [-0.39, 0.29) is 5.82 Å². The molecule has 1 atom stereocenters. The maximum atomic E-state index is 13.2. The van der Waals surface area contributed by atoms with Crippen LogP contribution in [0.2, 0.25) is 0 Å². The zero-order valence-electron chi connectivity index (χ0n) is 12.5. The van der Waals surface area contributed by atoms with E-state index in [1.807, 2.05) is 6.07 Å². The molecule has 1 unspecified atom stereocenters. The summed E-state index contributed by atoms with van der Waals surface area (Å²) in [5, 5.41) is 3.71. The Morgan fingerprint density at radius 1 is 1.24 bits per heavy atom. The van der Waals surface area contributed by atoms with Crippen LogP contribution in [0, 0.1) is 11.7 Å². The minimum absolute atomic E-state index is 0.175. The number of nitrogens with zero attached hydrogens (tertiary/aromatic N) is 1. The van der Waals surface area contributed by atoms with Crippen molar-refractivity contribution in [1.29, 1.82) is 0 Å². The largest absolute Gasteiger partial charge is 0.311 e. The fourth-order valence-corrected chi connectivity index (χ4v) is 4.21. The number of piperazine rings is 1. The molecule has 0 radical (unpaired) electrons. The van der Waals surface area contributed by atoms with Crippen LogP contribution in [0.25, 0.3) is 0 Å². The first kappa shape index (κ1) is 15.4. The fourth-order valence-electron chi connectivity index (χ4n) is 3.73. The summed E-state index contributed by atoms with van der Waals surface area (Å²) < 4.78 is 14.1. The van der Waals surface area contributed by atoms with Crippen molar-refractivity contribution in [2.45, 2.75) is 44.7 Å². The second-order valence-electron chi connectivity index (χ2n) is 6.43. The lowest BCUT2D eigenvalue weighted by Gasteiger charge is -2.39. The number of hydrogen-bond acceptors (Lipinski definition) is 2. The van der Waals surface area contributed by atoms with Crippen LogP contribution in [0.1, 0.15) is 37.7 Å². The van der Waals surface area contributed by atoms with Gasteiger partial charge in [-0.05, 0) is 36.5 Å². The van der Waals surface area contributed by atoms with E-state index < -0.39 is 0 Å². The van der Waals surface area contributed by atoms with E-state index in [9.17, 15) is 4.39 Å². The van der Waals surface area contributed by atoms with Crippen molar-refractivity contribution >= 4 is 15.9 Å². The van der Waals surface area contributed by atoms with Crippen LogP contribution in [-0.2, 0) is 6.54 Å². The summed E-state index contributed by atoms with van der Waals surface area (Å²) in [6, 6.07) is 5.66. The van der Waals surface area contributed by atoms with E-state index in [1.165, 1.54) is 37.7 Å². The first-order valence-corrected chi connectivity index (χ1v) is 8.91. The van der Waals surface area contributed by atoms with Gasteiger partial charge in [-0.15, -0.1) is 0 Å². The number of nitrogens with one attached hydrogen (secondary N) is 1. The molecule has 1 heterocycles. The van der Waals surface area contributed by atoms with E-state index >= 15 is 0 Å². The van der Waals surface area contributed by atoms with Crippen LogP contribution in [0.4, 0.5) is 4.39 Å². The summed E-state index contributed by atoms with van der Waals surface area (Å²) in [7, 11) is 0. The highest BCUT2D eigenvalue weighted by Gasteiger charge is 2.28. The SMILES string of the molecule is Fc1ccc(CN2CCNC(C3CCCCC3)C2)c(Br)c1. The average Bonchev–Trinajstić information content (AvgIpc) is 2.51. The molecule has 0 bridgehead atoms. The molecule has 1 aromatic rings. The molecule has 116 valence electrons. The van der Waals surface area contributed by atoms with Crippen molar-refractivity contribution in [3.8, 4) is 0 Å². The van der Waals surface area contributed by atoms with Crippen molar-refractivity contribution in [2.75, 3.05) is 19.6 Å². The van der Waals surface area contributed by atoms with Crippen LogP contribution >= 0.6 is 15.9 Å². The number of benzene rings is 1. The minimum atomic E-state index is -0.175. The maximum absolute atomic E-state index is 13.2. The van der Waals surface area contributed by atoms with Crippen molar-refractivity contribution in [1.82, 2.24) is 10.2 Å². The first-order valence-electron chi connectivity index (χ1n) is 8.12. The zero-order chi connectivity index (χ0) is 14.7. The highest BCUT2D eigenvalue weighted by Crippen LogP contribution is 2.28. The number of hydrogen-bond donors (Lipinski definition) is 1. The predicted octanol–water partition coefficient (Wildman–Crippen LogP) is 3.94. The standard InChI is InChI=1S/C17H24BrFN2/c18-16-10-15(19)7-6-14(16)11-21-9-8-20-17(12-21)13-4-2-1-3-5-13/h6-7,10,13,17,20H,1-5,8-9,11-12H2. The number of halogens is 2. The molecule has 0 aromatic heterocycles. The molecule has 1 aliphatic carbocycles. The molecule has 1 N–H and O–H groups in total. The lowest BCUT2D eigenvalue weighted by atomic mass is 9.83. The van der Waals surface area contributed by atoms with Crippen molar-refractivity contribution < 1.29 is 4.39 Å². The van der Waals surface area contributed by atoms with Gasteiger partial charge in [-0.2, -0.15) is 0 Å². The third kappa shape index (κ3) is 4.05. The maximum Gasteiger partial charge on any atom is 0.124 e.